The van der Waals surface area contributed by atoms with Crippen LogP contribution in [-0.2, 0) is 24.1 Å². The van der Waals surface area contributed by atoms with Gasteiger partial charge < -0.3 is 9.64 Å². The number of hydrogen-bond donors (Lipinski definition) is 0. The highest BCUT2D eigenvalue weighted by Gasteiger charge is 2.32. The highest BCUT2D eigenvalue weighted by molar-refractivity contribution is 5.82. The first-order chi connectivity index (χ1) is 17.1. The summed E-state index contributed by atoms with van der Waals surface area (Å²) < 4.78 is 47.5. The van der Waals surface area contributed by atoms with E-state index in [1.807, 2.05) is 23.6 Å². The van der Waals surface area contributed by atoms with Gasteiger partial charge in [0.1, 0.15) is 0 Å². The Hall–Kier alpha value is -3.69. The Morgan fingerprint density at radius 1 is 1.28 bits per heavy atom. The average Bonchev–Trinajstić information content (AvgIpc) is 2.86. The monoisotopic (exact) mass is 499 g/mol. The first kappa shape index (κ1) is 25.4. The molecule has 1 aromatic carbocycles. The van der Waals surface area contributed by atoms with Crippen molar-refractivity contribution in [3.8, 4) is 6.01 Å². The SMILES string of the molecule is CCn1c(OC)nc(=NCc2cccc(C(F)(F)F)c2C)c2cc(C3=CCN(C(C)=O)CC3)ncc21. The van der Waals surface area contributed by atoms with Crippen LogP contribution in [0.5, 0.6) is 6.01 Å². The summed E-state index contributed by atoms with van der Waals surface area (Å²) in [6, 6.07) is 6.35. The lowest BCUT2D eigenvalue weighted by molar-refractivity contribution is -0.138. The summed E-state index contributed by atoms with van der Waals surface area (Å²) in [5.74, 6) is 0.0306. The molecule has 4 rings (SSSR count). The lowest BCUT2D eigenvalue weighted by Crippen LogP contribution is -2.32. The van der Waals surface area contributed by atoms with Crippen molar-refractivity contribution in [1.82, 2.24) is 19.4 Å². The highest BCUT2D eigenvalue weighted by atomic mass is 19.4. The van der Waals surface area contributed by atoms with Crippen LogP contribution in [-0.4, -0.2) is 45.5 Å². The molecular formula is C26H28F3N5O2. The Labute approximate surface area is 207 Å². The minimum atomic E-state index is -4.43. The van der Waals surface area contributed by atoms with Gasteiger partial charge in [-0.1, -0.05) is 18.2 Å². The summed E-state index contributed by atoms with van der Waals surface area (Å²) in [5, 5.41) is 0.724. The van der Waals surface area contributed by atoms with Crippen LogP contribution in [0.2, 0.25) is 0 Å². The number of methoxy groups -OCH3 is 1. The van der Waals surface area contributed by atoms with E-state index in [4.69, 9.17) is 4.74 Å². The van der Waals surface area contributed by atoms with E-state index in [1.54, 1.807) is 24.1 Å². The van der Waals surface area contributed by atoms with Gasteiger partial charge in [0.05, 0.1) is 36.6 Å². The maximum Gasteiger partial charge on any atom is 0.416 e. The highest BCUT2D eigenvalue weighted by Crippen LogP contribution is 2.33. The van der Waals surface area contributed by atoms with Crippen molar-refractivity contribution >= 4 is 22.4 Å². The average molecular weight is 500 g/mol. The minimum Gasteiger partial charge on any atom is -0.468 e. The van der Waals surface area contributed by atoms with E-state index in [0.29, 0.717) is 43.1 Å². The molecule has 0 unspecified atom stereocenters. The topological polar surface area (TPSA) is 72.6 Å². The number of ether oxygens (including phenoxy) is 1. The molecule has 0 saturated heterocycles. The third kappa shape index (κ3) is 4.98. The van der Waals surface area contributed by atoms with E-state index in [0.717, 1.165) is 28.2 Å². The van der Waals surface area contributed by atoms with Crippen molar-refractivity contribution in [3.63, 3.8) is 0 Å². The number of aryl methyl sites for hydroxylation is 1. The predicted octanol–water partition coefficient (Wildman–Crippen LogP) is 4.52. The molecule has 0 fully saturated rings. The molecule has 0 bridgehead atoms. The van der Waals surface area contributed by atoms with Crippen LogP contribution in [0.15, 0.2) is 41.5 Å². The maximum atomic E-state index is 13.4. The van der Waals surface area contributed by atoms with Gasteiger partial charge in [-0.25, -0.2) is 0 Å². The van der Waals surface area contributed by atoms with E-state index in [-0.39, 0.29) is 18.0 Å². The van der Waals surface area contributed by atoms with Gasteiger partial charge in [-0.3, -0.25) is 19.3 Å². The zero-order chi connectivity index (χ0) is 26.0. The summed E-state index contributed by atoms with van der Waals surface area (Å²) in [5.41, 5.74) is 2.86. The second-order valence-corrected chi connectivity index (χ2v) is 8.60. The Balaban J connectivity index is 1.83. The van der Waals surface area contributed by atoms with Crippen molar-refractivity contribution in [2.24, 2.45) is 4.99 Å². The number of aromatic nitrogens is 3. The van der Waals surface area contributed by atoms with E-state index in [2.05, 4.69) is 15.0 Å². The summed E-state index contributed by atoms with van der Waals surface area (Å²) in [4.78, 5) is 27.3. The smallest absolute Gasteiger partial charge is 0.416 e. The standard InChI is InChI=1S/C26H28F3N5O2/c1-5-34-23-15-30-22(18-9-11-33(12-10-18)17(3)35)13-20(23)24(32-25(34)36-4)31-14-19-7-6-8-21(16(19)2)26(27,28)29/h6-9,13,15H,5,10-12,14H2,1-4H3. The van der Waals surface area contributed by atoms with E-state index in [9.17, 15) is 18.0 Å². The normalized spacial score (nSPS) is 14.8. The molecule has 36 heavy (non-hydrogen) atoms. The zero-order valence-corrected chi connectivity index (χ0v) is 20.7. The van der Waals surface area contributed by atoms with Gasteiger partial charge in [-0.15, -0.1) is 0 Å². The zero-order valence-electron chi connectivity index (χ0n) is 20.7. The summed E-state index contributed by atoms with van der Waals surface area (Å²) in [7, 11) is 1.51. The second kappa shape index (κ2) is 10.1. The Morgan fingerprint density at radius 2 is 2.06 bits per heavy atom. The van der Waals surface area contributed by atoms with Gasteiger partial charge in [0.15, 0.2) is 5.49 Å². The molecule has 0 spiro atoms. The molecule has 0 N–H and O–H groups in total. The number of pyridine rings is 1. The minimum absolute atomic E-state index is 0.0306. The van der Waals surface area contributed by atoms with Crippen LogP contribution in [0.1, 0.15) is 42.7 Å². The van der Waals surface area contributed by atoms with E-state index >= 15 is 0 Å². The Morgan fingerprint density at radius 3 is 2.67 bits per heavy atom. The largest absolute Gasteiger partial charge is 0.468 e. The van der Waals surface area contributed by atoms with E-state index in [1.165, 1.54) is 20.1 Å². The molecule has 190 valence electrons. The number of hydrogen-bond acceptors (Lipinski definition) is 5. The molecule has 1 aliphatic rings. The molecular weight excluding hydrogens is 471 g/mol. The maximum absolute atomic E-state index is 13.4. The van der Waals surface area contributed by atoms with Crippen LogP contribution in [0, 0.1) is 6.92 Å². The number of benzene rings is 1. The predicted molar refractivity (Wildman–Crippen MR) is 130 cm³/mol. The molecule has 2 aromatic heterocycles. The Bertz CT molecular complexity index is 1410. The van der Waals surface area contributed by atoms with Crippen molar-refractivity contribution < 1.29 is 22.7 Å². The molecule has 0 radical (unpaired) electrons. The number of nitrogens with zero attached hydrogens (tertiary/aromatic N) is 5. The quantitative estimate of drug-likeness (QED) is 0.517. The van der Waals surface area contributed by atoms with Gasteiger partial charge in [0.2, 0.25) is 5.91 Å². The molecule has 0 saturated carbocycles. The van der Waals surface area contributed by atoms with Gasteiger partial charge >= 0.3 is 6.18 Å². The van der Waals surface area contributed by atoms with Gasteiger partial charge in [-0.2, -0.15) is 18.2 Å². The van der Waals surface area contributed by atoms with Gasteiger partial charge in [-0.05, 0) is 49.1 Å². The van der Waals surface area contributed by atoms with Crippen LogP contribution >= 0.6 is 0 Å². The van der Waals surface area contributed by atoms with Crippen LogP contribution in [0.25, 0.3) is 16.5 Å². The number of carbonyl (C=O) groups is 1. The summed E-state index contributed by atoms with van der Waals surface area (Å²) in [6.07, 6.45) is -0.0247. The fraction of sp³-hybridized carbons (Fsp3) is 0.385. The third-order valence-electron chi connectivity index (χ3n) is 6.48. The number of alkyl halides is 3. The molecule has 7 nitrogen and oxygen atoms in total. The van der Waals surface area contributed by atoms with Crippen molar-refractivity contribution in [1.29, 1.82) is 0 Å². The number of carbonyl (C=O) groups excluding carboxylic acids is 1. The molecule has 0 atom stereocenters. The molecule has 3 heterocycles. The van der Waals surface area contributed by atoms with Crippen LogP contribution in [0.4, 0.5) is 13.2 Å². The first-order valence-corrected chi connectivity index (χ1v) is 11.7. The first-order valence-electron chi connectivity index (χ1n) is 11.7. The number of halogens is 3. The van der Waals surface area contributed by atoms with Crippen molar-refractivity contribution in [2.75, 3.05) is 20.2 Å². The number of amides is 1. The van der Waals surface area contributed by atoms with Gasteiger partial charge in [0, 0.05) is 31.9 Å². The second-order valence-electron chi connectivity index (χ2n) is 8.60. The molecule has 0 aliphatic carbocycles. The summed E-state index contributed by atoms with van der Waals surface area (Å²) >= 11 is 0. The van der Waals surface area contributed by atoms with Crippen LogP contribution < -0.4 is 10.2 Å². The fourth-order valence-electron chi connectivity index (χ4n) is 4.42. The molecule has 10 heteroatoms. The fourth-order valence-corrected chi connectivity index (χ4v) is 4.42. The number of fused-ring (bicyclic) bond motifs is 1. The van der Waals surface area contributed by atoms with E-state index < -0.39 is 11.7 Å². The summed E-state index contributed by atoms with van der Waals surface area (Å²) in [6.45, 7) is 6.71. The number of rotatable bonds is 5. The van der Waals surface area contributed by atoms with Gasteiger partial charge in [0.25, 0.3) is 6.01 Å². The van der Waals surface area contributed by atoms with Crippen molar-refractivity contribution in [2.45, 2.75) is 46.5 Å². The molecule has 3 aromatic rings. The molecule has 1 aliphatic heterocycles. The molecule has 1 amide bonds. The Kier molecular flexibility index (Phi) is 7.14. The van der Waals surface area contributed by atoms with Crippen molar-refractivity contribution in [3.05, 3.63) is 64.4 Å². The van der Waals surface area contributed by atoms with Crippen LogP contribution in [0.3, 0.4) is 0 Å². The lowest BCUT2D eigenvalue weighted by Gasteiger charge is -2.25. The lowest BCUT2D eigenvalue weighted by atomic mass is 10.0. The third-order valence-corrected chi connectivity index (χ3v) is 6.48.